The van der Waals surface area contributed by atoms with E-state index < -0.39 is 4.92 Å². The van der Waals surface area contributed by atoms with Crippen LogP contribution in [-0.4, -0.2) is 48.5 Å². The topological polar surface area (TPSA) is 84.7 Å². The van der Waals surface area contributed by atoms with Crippen LogP contribution in [0.3, 0.4) is 0 Å². The lowest BCUT2D eigenvalue weighted by atomic mass is 10.0. The van der Waals surface area contributed by atoms with Crippen LogP contribution in [0.25, 0.3) is 0 Å². The van der Waals surface area contributed by atoms with Crippen molar-refractivity contribution in [2.45, 2.75) is 25.9 Å². The largest absolute Gasteiger partial charge is 0.490 e. The summed E-state index contributed by atoms with van der Waals surface area (Å²) in [6, 6.07) is 6.11. The lowest BCUT2D eigenvalue weighted by molar-refractivity contribution is -0.384. The van der Waals surface area contributed by atoms with Crippen LogP contribution >= 0.6 is 12.4 Å². The first-order valence-electron chi connectivity index (χ1n) is 7.85. The Labute approximate surface area is 147 Å². The van der Waals surface area contributed by atoms with E-state index in [-0.39, 0.29) is 36.0 Å². The zero-order valence-electron chi connectivity index (χ0n) is 13.9. The third kappa shape index (κ3) is 5.35. The quantitative estimate of drug-likeness (QED) is 0.623. The highest BCUT2D eigenvalue weighted by atomic mass is 35.5. The third-order valence-electron chi connectivity index (χ3n) is 4.04. The van der Waals surface area contributed by atoms with Crippen LogP contribution in [0, 0.1) is 16.0 Å². The van der Waals surface area contributed by atoms with Gasteiger partial charge in [-0.25, -0.2) is 0 Å². The van der Waals surface area contributed by atoms with Crippen molar-refractivity contribution in [3.8, 4) is 5.75 Å². The summed E-state index contributed by atoms with van der Waals surface area (Å²) in [7, 11) is 1.84. The van der Waals surface area contributed by atoms with E-state index in [1.807, 2.05) is 18.9 Å². The molecule has 8 heteroatoms. The van der Waals surface area contributed by atoms with Gasteiger partial charge in [-0.3, -0.25) is 14.9 Å². The van der Waals surface area contributed by atoms with Crippen molar-refractivity contribution in [1.82, 2.24) is 10.2 Å². The standard InChI is InChI=1S/C16H23N3O4.ClH/c1-12(11-17-2)16(20)18-9-7-15(8-10-18)23-14-5-3-13(4-6-14)19(21)22;/h3-6,12,15,17H,7-11H2,1-2H3;1H. The van der Waals surface area contributed by atoms with E-state index in [1.165, 1.54) is 12.1 Å². The zero-order valence-corrected chi connectivity index (χ0v) is 14.8. The lowest BCUT2D eigenvalue weighted by Crippen LogP contribution is -2.45. The minimum Gasteiger partial charge on any atom is -0.490 e. The number of nitrogens with zero attached hydrogens (tertiary/aromatic N) is 2. The number of hydrogen-bond donors (Lipinski definition) is 1. The highest BCUT2D eigenvalue weighted by Gasteiger charge is 2.26. The smallest absolute Gasteiger partial charge is 0.269 e. The molecular formula is C16H24ClN3O4. The van der Waals surface area contributed by atoms with Crippen molar-refractivity contribution < 1.29 is 14.5 Å². The van der Waals surface area contributed by atoms with Crippen LogP contribution in [-0.2, 0) is 4.79 Å². The van der Waals surface area contributed by atoms with Gasteiger partial charge in [-0.2, -0.15) is 0 Å². The minimum absolute atomic E-state index is 0. The molecule has 0 aromatic heterocycles. The van der Waals surface area contributed by atoms with Crippen LogP contribution in [0.5, 0.6) is 5.75 Å². The fraction of sp³-hybridized carbons (Fsp3) is 0.562. The second-order valence-corrected chi connectivity index (χ2v) is 5.85. The summed E-state index contributed by atoms with van der Waals surface area (Å²) >= 11 is 0. The number of hydrogen-bond acceptors (Lipinski definition) is 5. The molecule has 1 unspecified atom stereocenters. The molecular weight excluding hydrogens is 334 g/mol. The maximum absolute atomic E-state index is 12.2. The van der Waals surface area contributed by atoms with Crippen LogP contribution in [0.2, 0.25) is 0 Å². The number of likely N-dealkylation sites (tertiary alicyclic amines) is 1. The number of rotatable bonds is 6. The number of piperidine rings is 1. The maximum Gasteiger partial charge on any atom is 0.269 e. The molecule has 2 rings (SSSR count). The fourth-order valence-electron chi connectivity index (χ4n) is 2.74. The average molecular weight is 358 g/mol. The second kappa shape index (κ2) is 9.44. The minimum atomic E-state index is -0.430. The van der Waals surface area contributed by atoms with Gasteiger partial charge in [-0.05, 0) is 19.2 Å². The number of carbonyl (C=O) groups excluding carboxylic acids is 1. The molecule has 0 saturated carbocycles. The molecule has 0 spiro atoms. The average Bonchev–Trinajstić information content (AvgIpc) is 2.55. The molecule has 0 aliphatic carbocycles. The van der Waals surface area contributed by atoms with E-state index in [2.05, 4.69) is 5.32 Å². The van der Waals surface area contributed by atoms with Gasteiger partial charge in [0.05, 0.1) is 4.92 Å². The van der Waals surface area contributed by atoms with Crippen LogP contribution in [0.1, 0.15) is 19.8 Å². The molecule has 7 nitrogen and oxygen atoms in total. The highest BCUT2D eigenvalue weighted by Crippen LogP contribution is 2.22. The number of amides is 1. The Morgan fingerprint density at radius 2 is 1.96 bits per heavy atom. The van der Waals surface area contributed by atoms with E-state index in [9.17, 15) is 14.9 Å². The molecule has 1 heterocycles. The first-order valence-corrected chi connectivity index (χ1v) is 7.85. The number of benzene rings is 1. The summed E-state index contributed by atoms with van der Waals surface area (Å²) in [5, 5.41) is 13.6. The molecule has 1 aromatic carbocycles. The molecule has 0 radical (unpaired) electrons. The Kier molecular flexibility index (Phi) is 7.94. The van der Waals surface area contributed by atoms with Gasteiger partial charge in [0.1, 0.15) is 11.9 Å². The SMILES string of the molecule is CNCC(C)C(=O)N1CCC(Oc2ccc([N+](=O)[O-])cc2)CC1.Cl. The van der Waals surface area contributed by atoms with Crippen LogP contribution in [0.15, 0.2) is 24.3 Å². The number of carbonyl (C=O) groups is 1. The summed E-state index contributed by atoms with van der Waals surface area (Å²) in [6.07, 6.45) is 1.59. The lowest BCUT2D eigenvalue weighted by Gasteiger charge is -2.33. The van der Waals surface area contributed by atoms with Crippen LogP contribution in [0.4, 0.5) is 5.69 Å². The monoisotopic (exact) mass is 357 g/mol. The van der Waals surface area contributed by atoms with Crippen molar-refractivity contribution >= 4 is 24.0 Å². The predicted molar refractivity (Wildman–Crippen MR) is 93.7 cm³/mol. The Morgan fingerprint density at radius 1 is 1.38 bits per heavy atom. The van der Waals surface area contributed by atoms with E-state index in [1.54, 1.807) is 12.1 Å². The fourth-order valence-corrected chi connectivity index (χ4v) is 2.74. The number of nitro groups is 1. The normalized spacial score (nSPS) is 16.2. The molecule has 1 N–H and O–H groups in total. The summed E-state index contributed by atoms with van der Waals surface area (Å²) in [6.45, 7) is 3.98. The first-order chi connectivity index (χ1) is 11.0. The van der Waals surface area contributed by atoms with Crippen molar-refractivity contribution in [2.24, 2.45) is 5.92 Å². The predicted octanol–water partition coefficient (Wildman–Crippen LogP) is 2.24. The molecule has 0 bridgehead atoms. The van der Waals surface area contributed by atoms with E-state index in [0.29, 0.717) is 25.4 Å². The molecule has 1 fully saturated rings. The molecule has 134 valence electrons. The summed E-state index contributed by atoms with van der Waals surface area (Å²) in [4.78, 5) is 24.3. The Hall–Kier alpha value is -1.86. The van der Waals surface area contributed by atoms with Gasteiger partial charge >= 0.3 is 0 Å². The number of ether oxygens (including phenoxy) is 1. The summed E-state index contributed by atoms with van der Waals surface area (Å²) in [5.74, 6) is 0.782. The van der Waals surface area contributed by atoms with Crippen molar-refractivity contribution in [2.75, 3.05) is 26.7 Å². The van der Waals surface area contributed by atoms with Gasteiger partial charge < -0.3 is 15.0 Å². The van der Waals surface area contributed by atoms with Gasteiger partial charge in [0.25, 0.3) is 5.69 Å². The molecule has 1 aromatic rings. The Balaban J connectivity index is 0.00000288. The van der Waals surface area contributed by atoms with Gasteiger partial charge in [0.15, 0.2) is 0 Å². The molecule has 1 aliphatic heterocycles. The van der Waals surface area contributed by atoms with Crippen LogP contribution < -0.4 is 10.1 Å². The number of nitro benzene ring substituents is 1. The molecule has 1 amide bonds. The Morgan fingerprint density at radius 3 is 2.46 bits per heavy atom. The molecule has 1 saturated heterocycles. The Bertz CT molecular complexity index is 545. The van der Waals surface area contributed by atoms with E-state index in [0.717, 1.165) is 12.8 Å². The molecule has 1 aliphatic rings. The van der Waals surface area contributed by atoms with Crippen molar-refractivity contribution in [1.29, 1.82) is 0 Å². The van der Waals surface area contributed by atoms with Crippen molar-refractivity contribution in [3.63, 3.8) is 0 Å². The summed E-state index contributed by atoms with van der Waals surface area (Å²) in [5.41, 5.74) is 0.0521. The number of nitrogens with one attached hydrogen (secondary N) is 1. The molecule has 1 atom stereocenters. The van der Waals surface area contributed by atoms with Crippen molar-refractivity contribution in [3.05, 3.63) is 34.4 Å². The number of non-ortho nitro benzene ring substituents is 1. The second-order valence-electron chi connectivity index (χ2n) is 5.85. The van der Waals surface area contributed by atoms with Gasteiger partial charge in [-0.15, -0.1) is 12.4 Å². The first kappa shape index (κ1) is 20.2. The van der Waals surface area contributed by atoms with E-state index >= 15 is 0 Å². The van der Waals surface area contributed by atoms with E-state index in [4.69, 9.17) is 4.74 Å². The summed E-state index contributed by atoms with van der Waals surface area (Å²) < 4.78 is 5.85. The number of halogens is 1. The van der Waals surface area contributed by atoms with Gasteiger partial charge in [-0.1, -0.05) is 6.92 Å². The zero-order chi connectivity index (χ0) is 16.8. The maximum atomic E-state index is 12.2. The van der Waals surface area contributed by atoms with Gasteiger partial charge in [0, 0.05) is 50.5 Å². The third-order valence-corrected chi connectivity index (χ3v) is 4.04. The van der Waals surface area contributed by atoms with Gasteiger partial charge in [0.2, 0.25) is 5.91 Å². The highest BCUT2D eigenvalue weighted by molar-refractivity contribution is 5.85. The molecule has 24 heavy (non-hydrogen) atoms.